The second-order valence-electron chi connectivity index (χ2n) is 3.10. The molecule has 0 amide bonds. The molecule has 0 unspecified atom stereocenters. The molecule has 84 valence electrons. The molecule has 0 saturated carbocycles. The zero-order valence-electron chi connectivity index (χ0n) is 8.17. The SMILES string of the molecule is Cc1c(N)ncnc1NCC(F)(F)CO. The molecular formula is C8H12F2N4O. The number of halogens is 2. The maximum Gasteiger partial charge on any atom is 0.287 e. The normalized spacial score (nSPS) is 11.5. The van der Waals surface area contributed by atoms with Crippen LogP contribution in [0.5, 0.6) is 0 Å². The molecule has 0 aliphatic carbocycles. The molecule has 0 fully saturated rings. The highest BCUT2D eigenvalue weighted by Crippen LogP contribution is 2.18. The number of alkyl halides is 2. The van der Waals surface area contributed by atoms with Gasteiger partial charge in [-0.25, -0.2) is 18.7 Å². The zero-order valence-corrected chi connectivity index (χ0v) is 8.17. The van der Waals surface area contributed by atoms with Crippen molar-refractivity contribution in [2.45, 2.75) is 12.8 Å². The third-order valence-corrected chi connectivity index (χ3v) is 1.87. The average Bonchev–Trinajstić information content (AvgIpc) is 2.20. The summed E-state index contributed by atoms with van der Waals surface area (Å²) in [6.45, 7) is -0.283. The first kappa shape index (κ1) is 11.6. The molecule has 0 bridgehead atoms. The van der Waals surface area contributed by atoms with Crippen molar-refractivity contribution >= 4 is 11.6 Å². The maximum atomic E-state index is 12.7. The maximum absolute atomic E-state index is 12.7. The largest absolute Gasteiger partial charge is 0.390 e. The van der Waals surface area contributed by atoms with Crippen LogP contribution >= 0.6 is 0 Å². The molecular weight excluding hydrogens is 206 g/mol. The van der Waals surface area contributed by atoms with Crippen LogP contribution in [0.15, 0.2) is 6.33 Å². The van der Waals surface area contributed by atoms with Crippen LogP contribution in [0.4, 0.5) is 20.4 Å². The molecule has 4 N–H and O–H groups in total. The van der Waals surface area contributed by atoms with E-state index in [2.05, 4.69) is 15.3 Å². The summed E-state index contributed by atoms with van der Waals surface area (Å²) in [6, 6.07) is 0. The van der Waals surface area contributed by atoms with E-state index in [4.69, 9.17) is 10.8 Å². The number of aliphatic hydroxyl groups excluding tert-OH is 1. The van der Waals surface area contributed by atoms with Crippen LogP contribution < -0.4 is 11.1 Å². The van der Waals surface area contributed by atoms with Crippen LogP contribution in [0.2, 0.25) is 0 Å². The third kappa shape index (κ3) is 2.98. The summed E-state index contributed by atoms with van der Waals surface area (Å²) in [5.74, 6) is -2.69. The molecule has 1 rings (SSSR count). The Balaban J connectivity index is 2.70. The second-order valence-corrected chi connectivity index (χ2v) is 3.10. The van der Waals surface area contributed by atoms with Crippen LogP contribution in [0.25, 0.3) is 0 Å². The Bertz CT molecular complexity index is 345. The molecule has 0 spiro atoms. The third-order valence-electron chi connectivity index (χ3n) is 1.87. The lowest BCUT2D eigenvalue weighted by molar-refractivity contribution is -0.0373. The number of hydrogen-bond acceptors (Lipinski definition) is 5. The molecule has 1 aromatic heterocycles. The molecule has 0 aromatic carbocycles. The first-order valence-corrected chi connectivity index (χ1v) is 4.26. The minimum Gasteiger partial charge on any atom is -0.390 e. The minimum atomic E-state index is -3.17. The first-order valence-electron chi connectivity index (χ1n) is 4.26. The first-order chi connectivity index (χ1) is 6.96. The fraction of sp³-hybridized carbons (Fsp3) is 0.500. The number of nitrogen functional groups attached to an aromatic ring is 1. The molecule has 0 aliphatic heterocycles. The van der Waals surface area contributed by atoms with Gasteiger partial charge in [-0.15, -0.1) is 0 Å². The van der Waals surface area contributed by atoms with Gasteiger partial charge in [0.05, 0.1) is 6.54 Å². The van der Waals surface area contributed by atoms with Crippen LogP contribution in [0.3, 0.4) is 0 Å². The zero-order chi connectivity index (χ0) is 11.5. The summed E-state index contributed by atoms with van der Waals surface area (Å²) >= 11 is 0. The van der Waals surface area contributed by atoms with Gasteiger partial charge in [-0.2, -0.15) is 0 Å². The Kier molecular flexibility index (Phi) is 3.35. The van der Waals surface area contributed by atoms with Crippen molar-refractivity contribution < 1.29 is 13.9 Å². The molecule has 5 nitrogen and oxygen atoms in total. The summed E-state index contributed by atoms with van der Waals surface area (Å²) in [5, 5.41) is 10.8. The molecule has 0 aliphatic rings. The lowest BCUT2D eigenvalue weighted by atomic mass is 10.3. The van der Waals surface area contributed by atoms with E-state index < -0.39 is 19.1 Å². The highest BCUT2D eigenvalue weighted by molar-refractivity contribution is 5.53. The molecule has 0 radical (unpaired) electrons. The quantitative estimate of drug-likeness (QED) is 0.681. The number of aromatic nitrogens is 2. The van der Waals surface area contributed by atoms with E-state index >= 15 is 0 Å². The van der Waals surface area contributed by atoms with Gasteiger partial charge in [0.1, 0.15) is 24.6 Å². The molecule has 7 heteroatoms. The fourth-order valence-electron chi connectivity index (χ4n) is 0.911. The topological polar surface area (TPSA) is 84.1 Å². The number of hydrogen-bond donors (Lipinski definition) is 3. The van der Waals surface area contributed by atoms with Crippen LogP contribution in [0.1, 0.15) is 5.56 Å². The summed E-state index contributed by atoms with van der Waals surface area (Å²) < 4.78 is 25.4. The van der Waals surface area contributed by atoms with Gasteiger partial charge in [0.15, 0.2) is 0 Å². The predicted molar refractivity (Wildman–Crippen MR) is 51.7 cm³/mol. The van der Waals surface area contributed by atoms with Gasteiger partial charge in [-0.1, -0.05) is 0 Å². The molecule has 0 atom stereocenters. The van der Waals surface area contributed by atoms with Crippen molar-refractivity contribution in [3.63, 3.8) is 0 Å². The minimum absolute atomic E-state index is 0.236. The van der Waals surface area contributed by atoms with E-state index in [-0.39, 0.29) is 11.6 Å². The van der Waals surface area contributed by atoms with E-state index in [1.165, 1.54) is 6.33 Å². The number of aliphatic hydroxyl groups is 1. The fourth-order valence-corrected chi connectivity index (χ4v) is 0.911. The van der Waals surface area contributed by atoms with Crippen molar-refractivity contribution in [3.8, 4) is 0 Å². The monoisotopic (exact) mass is 218 g/mol. The molecule has 1 heterocycles. The van der Waals surface area contributed by atoms with Crippen molar-refractivity contribution in [2.75, 3.05) is 24.2 Å². The number of nitrogens with zero attached hydrogens (tertiary/aromatic N) is 2. The number of rotatable bonds is 4. The van der Waals surface area contributed by atoms with E-state index in [0.717, 1.165) is 0 Å². The smallest absolute Gasteiger partial charge is 0.287 e. The van der Waals surface area contributed by atoms with E-state index in [1.54, 1.807) is 6.92 Å². The van der Waals surface area contributed by atoms with Gasteiger partial charge >= 0.3 is 0 Å². The van der Waals surface area contributed by atoms with Crippen LogP contribution in [-0.2, 0) is 0 Å². The van der Waals surface area contributed by atoms with Gasteiger partial charge in [0.25, 0.3) is 5.92 Å². The predicted octanol–water partition coefficient (Wildman–Crippen LogP) is 0.407. The highest BCUT2D eigenvalue weighted by Gasteiger charge is 2.27. The van der Waals surface area contributed by atoms with Crippen molar-refractivity contribution in [1.82, 2.24) is 9.97 Å². The molecule has 0 saturated heterocycles. The summed E-state index contributed by atoms with van der Waals surface area (Å²) in [7, 11) is 0. The van der Waals surface area contributed by atoms with E-state index in [9.17, 15) is 8.78 Å². The van der Waals surface area contributed by atoms with Crippen LogP contribution in [-0.4, -0.2) is 34.1 Å². The van der Waals surface area contributed by atoms with Gasteiger partial charge in [-0.3, -0.25) is 0 Å². The number of anilines is 2. The lowest BCUT2D eigenvalue weighted by Gasteiger charge is -2.15. The van der Waals surface area contributed by atoms with Crippen molar-refractivity contribution in [2.24, 2.45) is 0 Å². The second kappa shape index (κ2) is 4.35. The Labute approximate surface area is 85.3 Å². The average molecular weight is 218 g/mol. The Morgan fingerprint density at radius 3 is 2.80 bits per heavy atom. The molecule has 15 heavy (non-hydrogen) atoms. The summed E-state index contributed by atoms with van der Waals surface area (Å²) in [6.07, 6.45) is 1.18. The Morgan fingerprint density at radius 1 is 1.53 bits per heavy atom. The highest BCUT2D eigenvalue weighted by atomic mass is 19.3. The van der Waals surface area contributed by atoms with E-state index in [0.29, 0.717) is 5.56 Å². The van der Waals surface area contributed by atoms with Gasteiger partial charge in [0.2, 0.25) is 0 Å². The van der Waals surface area contributed by atoms with Gasteiger partial charge in [0, 0.05) is 5.56 Å². The van der Waals surface area contributed by atoms with Crippen molar-refractivity contribution in [1.29, 1.82) is 0 Å². The standard InChI is InChI=1S/C8H12F2N4O/c1-5-6(11)13-4-14-7(5)12-2-8(9,10)3-15/h4,15H,2-3H2,1H3,(H3,11,12,13,14). The lowest BCUT2D eigenvalue weighted by Crippen LogP contribution is -2.31. The summed E-state index contributed by atoms with van der Waals surface area (Å²) in [4.78, 5) is 7.45. The van der Waals surface area contributed by atoms with Gasteiger partial charge in [-0.05, 0) is 6.92 Å². The summed E-state index contributed by atoms with van der Waals surface area (Å²) in [5.41, 5.74) is 5.97. The van der Waals surface area contributed by atoms with Gasteiger partial charge < -0.3 is 16.2 Å². The Morgan fingerprint density at radius 2 is 2.20 bits per heavy atom. The Hall–Kier alpha value is -1.50. The number of nitrogens with one attached hydrogen (secondary N) is 1. The van der Waals surface area contributed by atoms with E-state index in [1.807, 2.05) is 0 Å². The number of nitrogens with two attached hydrogens (primary N) is 1. The van der Waals surface area contributed by atoms with Crippen molar-refractivity contribution in [3.05, 3.63) is 11.9 Å². The molecule has 1 aromatic rings. The van der Waals surface area contributed by atoms with Crippen LogP contribution in [0, 0.1) is 6.92 Å².